The third kappa shape index (κ3) is 2.87. The van der Waals surface area contributed by atoms with Gasteiger partial charge in [0.1, 0.15) is 5.82 Å². The minimum Gasteiger partial charge on any atom is -0.354 e. The maximum atomic E-state index is 4.55. The van der Waals surface area contributed by atoms with Gasteiger partial charge in [-0.2, -0.15) is 15.0 Å². The van der Waals surface area contributed by atoms with E-state index in [0.717, 1.165) is 25.5 Å². The molecule has 0 aromatic carbocycles. The molecule has 0 saturated carbocycles. The molecule has 2 heterocycles. The summed E-state index contributed by atoms with van der Waals surface area (Å²) >= 11 is 0. The van der Waals surface area contributed by atoms with Crippen molar-refractivity contribution in [1.82, 2.24) is 24.5 Å². The standard InChI is InChI=1S/C13H21N7/c1-5-14-11-16-12(19(6-2)7-3)18-13(17-11)20-9-8-15-10(20)4/h8-9H,5-7H2,1-4H3,(H,14,16,17,18). The SMILES string of the molecule is CCNc1nc(N(CC)CC)nc(-n2ccnc2C)n1. The van der Waals surface area contributed by atoms with Gasteiger partial charge in [-0.05, 0) is 27.7 Å². The highest BCUT2D eigenvalue weighted by molar-refractivity contribution is 5.40. The summed E-state index contributed by atoms with van der Waals surface area (Å²) in [5.41, 5.74) is 0. The Morgan fingerprint density at radius 2 is 1.90 bits per heavy atom. The van der Waals surface area contributed by atoms with E-state index < -0.39 is 0 Å². The molecule has 2 aromatic rings. The average Bonchev–Trinajstić information content (AvgIpc) is 2.87. The number of aromatic nitrogens is 5. The first kappa shape index (κ1) is 14.2. The molecule has 0 unspecified atom stereocenters. The number of anilines is 2. The monoisotopic (exact) mass is 275 g/mol. The van der Waals surface area contributed by atoms with Crippen molar-refractivity contribution < 1.29 is 0 Å². The second kappa shape index (κ2) is 6.31. The second-order valence-electron chi connectivity index (χ2n) is 4.31. The zero-order chi connectivity index (χ0) is 14.5. The molecule has 0 fully saturated rings. The second-order valence-corrected chi connectivity index (χ2v) is 4.31. The van der Waals surface area contributed by atoms with Gasteiger partial charge in [-0.25, -0.2) is 4.98 Å². The van der Waals surface area contributed by atoms with Crippen LogP contribution >= 0.6 is 0 Å². The molecule has 7 nitrogen and oxygen atoms in total. The van der Waals surface area contributed by atoms with Crippen molar-refractivity contribution in [1.29, 1.82) is 0 Å². The van der Waals surface area contributed by atoms with Crippen molar-refractivity contribution >= 4 is 11.9 Å². The fraction of sp³-hybridized carbons (Fsp3) is 0.538. The van der Waals surface area contributed by atoms with Gasteiger partial charge in [0.2, 0.25) is 17.8 Å². The number of imidazole rings is 1. The van der Waals surface area contributed by atoms with Crippen LogP contribution < -0.4 is 10.2 Å². The van der Waals surface area contributed by atoms with Gasteiger partial charge in [-0.15, -0.1) is 0 Å². The van der Waals surface area contributed by atoms with E-state index in [1.807, 2.05) is 24.6 Å². The Morgan fingerprint density at radius 3 is 2.45 bits per heavy atom. The van der Waals surface area contributed by atoms with E-state index in [0.29, 0.717) is 17.8 Å². The van der Waals surface area contributed by atoms with Crippen molar-refractivity contribution in [3.63, 3.8) is 0 Å². The normalized spacial score (nSPS) is 10.6. The lowest BCUT2D eigenvalue weighted by Gasteiger charge is -2.19. The predicted octanol–water partition coefficient (Wildman–Crippen LogP) is 1.64. The highest BCUT2D eigenvalue weighted by Gasteiger charge is 2.13. The molecule has 2 rings (SSSR count). The van der Waals surface area contributed by atoms with Crippen molar-refractivity contribution in [2.75, 3.05) is 29.9 Å². The summed E-state index contributed by atoms with van der Waals surface area (Å²) in [7, 11) is 0. The first-order valence-corrected chi connectivity index (χ1v) is 6.94. The van der Waals surface area contributed by atoms with Gasteiger partial charge in [0.15, 0.2) is 0 Å². The molecular formula is C13H21N7. The summed E-state index contributed by atoms with van der Waals surface area (Å²) in [6.45, 7) is 10.6. The molecule has 0 saturated heterocycles. The van der Waals surface area contributed by atoms with Crippen molar-refractivity contribution in [2.45, 2.75) is 27.7 Å². The summed E-state index contributed by atoms with van der Waals surface area (Å²) in [6, 6.07) is 0. The van der Waals surface area contributed by atoms with E-state index >= 15 is 0 Å². The molecular weight excluding hydrogens is 254 g/mol. The van der Waals surface area contributed by atoms with Crippen LogP contribution in [0.3, 0.4) is 0 Å². The summed E-state index contributed by atoms with van der Waals surface area (Å²) in [6.07, 6.45) is 3.59. The Labute approximate surface area is 119 Å². The molecule has 20 heavy (non-hydrogen) atoms. The molecule has 0 amide bonds. The minimum absolute atomic E-state index is 0.590. The van der Waals surface area contributed by atoms with E-state index in [-0.39, 0.29) is 0 Å². The largest absolute Gasteiger partial charge is 0.354 e. The van der Waals surface area contributed by atoms with Crippen LogP contribution in [-0.4, -0.2) is 44.1 Å². The number of aryl methyl sites for hydroxylation is 1. The number of nitrogens with zero attached hydrogens (tertiary/aromatic N) is 6. The Hall–Kier alpha value is -2.18. The van der Waals surface area contributed by atoms with E-state index in [1.165, 1.54) is 0 Å². The van der Waals surface area contributed by atoms with Crippen LogP contribution in [0.25, 0.3) is 5.95 Å². The molecule has 0 radical (unpaired) electrons. The fourth-order valence-electron chi connectivity index (χ4n) is 1.94. The third-order valence-corrected chi connectivity index (χ3v) is 3.03. The van der Waals surface area contributed by atoms with Gasteiger partial charge in [-0.3, -0.25) is 4.57 Å². The lowest BCUT2D eigenvalue weighted by atomic mass is 10.5. The Bertz CT molecular complexity index is 560. The van der Waals surface area contributed by atoms with Gasteiger partial charge in [0.25, 0.3) is 0 Å². The van der Waals surface area contributed by atoms with E-state index in [9.17, 15) is 0 Å². The van der Waals surface area contributed by atoms with Crippen LogP contribution in [0.2, 0.25) is 0 Å². The molecule has 0 aliphatic carbocycles. The lowest BCUT2D eigenvalue weighted by Crippen LogP contribution is -2.25. The molecule has 7 heteroatoms. The first-order valence-electron chi connectivity index (χ1n) is 6.94. The highest BCUT2D eigenvalue weighted by Crippen LogP contribution is 2.14. The number of nitrogens with one attached hydrogen (secondary N) is 1. The molecule has 0 aliphatic heterocycles. The van der Waals surface area contributed by atoms with Gasteiger partial charge < -0.3 is 10.2 Å². The minimum atomic E-state index is 0.590. The van der Waals surface area contributed by atoms with Crippen molar-refractivity contribution in [3.8, 4) is 5.95 Å². The molecule has 2 aromatic heterocycles. The zero-order valence-corrected chi connectivity index (χ0v) is 12.5. The Kier molecular flexibility index (Phi) is 4.49. The Balaban J connectivity index is 2.48. The smallest absolute Gasteiger partial charge is 0.241 e. The number of hydrogen-bond donors (Lipinski definition) is 1. The fourth-order valence-corrected chi connectivity index (χ4v) is 1.94. The van der Waals surface area contributed by atoms with E-state index in [1.54, 1.807) is 6.20 Å². The molecule has 0 atom stereocenters. The van der Waals surface area contributed by atoms with Gasteiger partial charge >= 0.3 is 0 Å². The maximum absolute atomic E-state index is 4.55. The quantitative estimate of drug-likeness (QED) is 0.864. The molecule has 0 bridgehead atoms. The molecule has 1 N–H and O–H groups in total. The Morgan fingerprint density at radius 1 is 1.15 bits per heavy atom. The lowest BCUT2D eigenvalue weighted by molar-refractivity contribution is 0.787. The van der Waals surface area contributed by atoms with Crippen LogP contribution in [-0.2, 0) is 0 Å². The van der Waals surface area contributed by atoms with Gasteiger partial charge in [0, 0.05) is 32.0 Å². The van der Waals surface area contributed by atoms with Crippen LogP contribution in [0.4, 0.5) is 11.9 Å². The zero-order valence-electron chi connectivity index (χ0n) is 12.5. The van der Waals surface area contributed by atoms with Gasteiger partial charge in [0.05, 0.1) is 0 Å². The maximum Gasteiger partial charge on any atom is 0.241 e. The van der Waals surface area contributed by atoms with Crippen LogP contribution in [0.1, 0.15) is 26.6 Å². The molecule has 0 spiro atoms. The molecule has 0 aliphatic rings. The number of hydrogen-bond acceptors (Lipinski definition) is 6. The highest BCUT2D eigenvalue weighted by atomic mass is 15.3. The summed E-state index contributed by atoms with van der Waals surface area (Å²) in [5, 5.41) is 3.15. The summed E-state index contributed by atoms with van der Waals surface area (Å²) in [4.78, 5) is 19.8. The van der Waals surface area contributed by atoms with Crippen LogP contribution in [0.15, 0.2) is 12.4 Å². The third-order valence-electron chi connectivity index (χ3n) is 3.03. The van der Waals surface area contributed by atoms with E-state index in [2.05, 4.69) is 44.0 Å². The first-order chi connectivity index (χ1) is 9.69. The summed E-state index contributed by atoms with van der Waals surface area (Å²) < 4.78 is 1.86. The van der Waals surface area contributed by atoms with Crippen molar-refractivity contribution in [2.24, 2.45) is 0 Å². The van der Waals surface area contributed by atoms with E-state index in [4.69, 9.17) is 0 Å². The van der Waals surface area contributed by atoms with Crippen molar-refractivity contribution in [3.05, 3.63) is 18.2 Å². The van der Waals surface area contributed by atoms with Gasteiger partial charge in [-0.1, -0.05) is 0 Å². The number of rotatable bonds is 6. The molecule has 108 valence electrons. The summed E-state index contributed by atoms with van der Waals surface area (Å²) in [5.74, 6) is 2.72. The average molecular weight is 275 g/mol. The topological polar surface area (TPSA) is 71.8 Å². The predicted molar refractivity (Wildman–Crippen MR) is 79.4 cm³/mol. The van der Waals surface area contributed by atoms with Crippen LogP contribution in [0, 0.1) is 6.92 Å². The van der Waals surface area contributed by atoms with Crippen LogP contribution in [0.5, 0.6) is 0 Å².